The molecular formula is C18H15ClN2O4. The third-order valence-corrected chi connectivity index (χ3v) is 4.25. The number of hydrogen-bond donors (Lipinski definition) is 2. The second-order valence-corrected chi connectivity index (χ2v) is 5.95. The molecule has 7 heteroatoms. The fourth-order valence-electron chi connectivity index (χ4n) is 2.87. The van der Waals surface area contributed by atoms with Crippen molar-refractivity contribution < 1.29 is 19.8 Å². The van der Waals surface area contributed by atoms with Crippen LogP contribution in [0, 0.1) is 0 Å². The summed E-state index contributed by atoms with van der Waals surface area (Å²) in [5.74, 6) is -1.85. The van der Waals surface area contributed by atoms with Gasteiger partial charge >= 0.3 is 0 Å². The number of halogens is 1. The van der Waals surface area contributed by atoms with Crippen LogP contribution in [0.4, 0.5) is 0 Å². The van der Waals surface area contributed by atoms with Gasteiger partial charge in [0.1, 0.15) is 5.76 Å². The third kappa shape index (κ3) is 3.14. The van der Waals surface area contributed by atoms with Gasteiger partial charge in [-0.05, 0) is 35.9 Å². The van der Waals surface area contributed by atoms with Crippen LogP contribution in [0.2, 0.25) is 5.02 Å². The molecule has 6 nitrogen and oxygen atoms in total. The van der Waals surface area contributed by atoms with Crippen molar-refractivity contribution >= 4 is 29.1 Å². The Morgan fingerprint density at radius 2 is 1.92 bits per heavy atom. The Kier molecular flexibility index (Phi) is 4.83. The molecule has 2 aromatic rings. The van der Waals surface area contributed by atoms with Crippen molar-refractivity contribution in [1.29, 1.82) is 0 Å². The molecule has 2 N–H and O–H groups in total. The zero-order chi connectivity index (χ0) is 18.0. The lowest BCUT2D eigenvalue weighted by Gasteiger charge is -2.24. The number of pyridine rings is 1. The van der Waals surface area contributed by atoms with Gasteiger partial charge in [-0.2, -0.15) is 0 Å². The number of amides is 1. The summed E-state index contributed by atoms with van der Waals surface area (Å²) < 4.78 is 0. The molecule has 1 fully saturated rings. The molecule has 0 spiro atoms. The number of carbonyl (C=O) groups excluding carboxylic acids is 2. The van der Waals surface area contributed by atoms with Crippen molar-refractivity contribution in [2.75, 3.05) is 13.2 Å². The Balaban J connectivity index is 2.17. The van der Waals surface area contributed by atoms with Crippen LogP contribution in [-0.2, 0) is 9.59 Å². The molecule has 1 aliphatic heterocycles. The monoisotopic (exact) mass is 358 g/mol. The molecule has 1 saturated heterocycles. The smallest absolute Gasteiger partial charge is 0.295 e. The average molecular weight is 359 g/mol. The number of hydrogen-bond acceptors (Lipinski definition) is 5. The van der Waals surface area contributed by atoms with E-state index in [4.69, 9.17) is 11.6 Å². The van der Waals surface area contributed by atoms with E-state index < -0.39 is 17.7 Å². The fourth-order valence-corrected chi connectivity index (χ4v) is 2.99. The van der Waals surface area contributed by atoms with Crippen LogP contribution in [-0.4, -0.2) is 44.9 Å². The van der Waals surface area contributed by atoms with Gasteiger partial charge in [0, 0.05) is 29.5 Å². The zero-order valence-corrected chi connectivity index (χ0v) is 13.8. The maximum Gasteiger partial charge on any atom is 0.295 e. The molecule has 1 amide bonds. The molecule has 0 aliphatic carbocycles. The van der Waals surface area contributed by atoms with Crippen LogP contribution in [0.3, 0.4) is 0 Å². The number of benzene rings is 1. The summed E-state index contributed by atoms with van der Waals surface area (Å²) in [6, 6.07) is 8.88. The second-order valence-electron chi connectivity index (χ2n) is 5.51. The second kappa shape index (κ2) is 7.04. The first-order valence-electron chi connectivity index (χ1n) is 7.59. The summed E-state index contributed by atoms with van der Waals surface area (Å²) in [6.07, 6.45) is 3.09. The third-order valence-electron chi connectivity index (χ3n) is 4.00. The number of aliphatic hydroxyl groups is 2. The number of aromatic nitrogens is 1. The average Bonchev–Trinajstić information content (AvgIpc) is 2.88. The van der Waals surface area contributed by atoms with Gasteiger partial charge in [0.2, 0.25) is 0 Å². The molecule has 2 heterocycles. The highest BCUT2D eigenvalue weighted by Crippen LogP contribution is 2.38. The minimum Gasteiger partial charge on any atom is -0.507 e. The van der Waals surface area contributed by atoms with Gasteiger partial charge in [0.25, 0.3) is 11.7 Å². The van der Waals surface area contributed by atoms with Crippen LogP contribution in [0.25, 0.3) is 5.76 Å². The standard InChI is InChI=1S/C18H15ClN2O4/c19-13-5-3-11(4-6-13)16(23)14-15(12-2-1-7-20-10-12)21(8-9-22)18(25)17(14)24/h1-7,10,15,22-23H,8-9H2. The lowest BCUT2D eigenvalue weighted by molar-refractivity contribution is -0.140. The number of aliphatic hydroxyl groups excluding tert-OH is 2. The van der Waals surface area contributed by atoms with E-state index in [0.717, 1.165) is 0 Å². The van der Waals surface area contributed by atoms with E-state index in [1.165, 1.54) is 11.1 Å². The van der Waals surface area contributed by atoms with Crippen LogP contribution in [0.15, 0.2) is 54.4 Å². The number of likely N-dealkylation sites (tertiary alicyclic amines) is 1. The summed E-state index contributed by atoms with van der Waals surface area (Å²) in [5.41, 5.74) is 0.916. The van der Waals surface area contributed by atoms with E-state index in [0.29, 0.717) is 16.1 Å². The molecule has 128 valence electrons. The predicted octanol–water partition coefficient (Wildman–Crippen LogP) is 2.15. The summed E-state index contributed by atoms with van der Waals surface area (Å²) in [7, 11) is 0. The van der Waals surface area contributed by atoms with E-state index in [-0.39, 0.29) is 24.5 Å². The molecule has 0 saturated carbocycles. The van der Waals surface area contributed by atoms with Gasteiger partial charge in [-0.15, -0.1) is 0 Å². The van der Waals surface area contributed by atoms with Crippen LogP contribution in [0.5, 0.6) is 0 Å². The number of carbonyl (C=O) groups is 2. The number of nitrogens with zero attached hydrogens (tertiary/aromatic N) is 2. The quantitative estimate of drug-likeness (QED) is 0.496. The highest BCUT2D eigenvalue weighted by Gasteiger charge is 2.45. The first kappa shape index (κ1) is 17.1. The molecule has 0 bridgehead atoms. The summed E-state index contributed by atoms with van der Waals surface area (Å²) in [5, 5.41) is 20.4. The molecule has 1 unspecified atom stereocenters. The Labute approximate surface area is 149 Å². The molecule has 1 aliphatic rings. The highest BCUT2D eigenvalue weighted by molar-refractivity contribution is 6.46. The number of rotatable bonds is 4. The lowest BCUT2D eigenvalue weighted by atomic mass is 9.96. The summed E-state index contributed by atoms with van der Waals surface area (Å²) in [6.45, 7) is -0.327. The van der Waals surface area contributed by atoms with E-state index in [1.54, 1.807) is 42.6 Å². The van der Waals surface area contributed by atoms with Crippen molar-refractivity contribution in [2.24, 2.45) is 0 Å². The van der Waals surface area contributed by atoms with Gasteiger partial charge in [-0.3, -0.25) is 14.6 Å². The molecule has 25 heavy (non-hydrogen) atoms. The molecule has 1 aromatic carbocycles. The van der Waals surface area contributed by atoms with Crippen molar-refractivity contribution in [3.8, 4) is 0 Å². The number of β-amino-alcohol motifs (C(OH)–C–C–N with tert-alkyl or cyclic N) is 1. The summed E-state index contributed by atoms with van der Waals surface area (Å²) in [4.78, 5) is 30.1. The van der Waals surface area contributed by atoms with Crippen molar-refractivity contribution in [2.45, 2.75) is 6.04 Å². The normalized spacial score (nSPS) is 19.4. The first-order valence-corrected chi connectivity index (χ1v) is 7.97. The van der Waals surface area contributed by atoms with Crippen LogP contribution < -0.4 is 0 Å². The topological polar surface area (TPSA) is 90.7 Å². The van der Waals surface area contributed by atoms with E-state index in [9.17, 15) is 19.8 Å². The molecule has 1 atom stereocenters. The Morgan fingerprint density at radius 3 is 2.52 bits per heavy atom. The van der Waals surface area contributed by atoms with E-state index in [2.05, 4.69) is 4.98 Å². The van der Waals surface area contributed by atoms with Gasteiger partial charge < -0.3 is 15.1 Å². The van der Waals surface area contributed by atoms with Crippen molar-refractivity contribution in [3.05, 3.63) is 70.5 Å². The van der Waals surface area contributed by atoms with Gasteiger partial charge in [0.05, 0.1) is 18.2 Å². The van der Waals surface area contributed by atoms with Gasteiger partial charge in [-0.1, -0.05) is 17.7 Å². The van der Waals surface area contributed by atoms with E-state index in [1.807, 2.05) is 0 Å². The Bertz CT molecular complexity index is 834. The van der Waals surface area contributed by atoms with Crippen LogP contribution >= 0.6 is 11.6 Å². The number of ketones is 1. The SMILES string of the molecule is O=C1C(=O)N(CCO)C(c2cccnc2)C1=C(O)c1ccc(Cl)cc1. The lowest BCUT2D eigenvalue weighted by Crippen LogP contribution is -2.32. The maximum atomic E-state index is 12.5. The molecule has 3 rings (SSSR count). The Hall–Kier alpha value is -2.70. The van der Waals surface area contributed by atoms with Crippen LogP contribution in [0.1, 0.15) is 17.2 Å². The molecule has 1 aromatic heterocycles. The maximum absolute atomic E-state index is 12.5. The summed E-state index contributed by atoms with van der Waals surface area (Å²) >= 11 is 5.85. The van der Waals surface area contributed by atoms with Gasteiger partial charge in [0.15, 0.2) is 0 Å². The molecular weight excluding hydrogens is 344 g/mol. The molecule has 0 radical (unpaired) electrons. The predicted molar refractivity (Wildman–Crippen MR) is 91.8 cm³/mol. The van der Waals surface area contributed by atoms with E-state index >= 15 is 0 Å². The fraction of sp³-hybridized carbons (Fsp3) is 0.167. The highest BCUT2D eigenvalue weighted by atomic mass is 35.5. The van der Waals surface area contributed by atoms with Gasteiger partial charge in [-0.25, -0.2) is 0 Å². The zero-order valence-electron chi connectivity index (χ0n) is 13.1. The minimum absolute atomic E-state index is 0.0263. The largest absolute Gasteiger partial charge is 0.507 e. The van der Waals surface area contributed by atoms with Crippen molar-refractivity contribution in [3.63, 3.8) is 0 Å². The van der Waals surface area contributed by atoms with Crippen molar-refractivity contribution in [1.82, 2.24) is 9.88 Å². The first-order chi connectivity index (χ1) is 12.0. The Morgan fingerprint density at radius 1 is 1.20 bits per heavy atom. The number of Topliss-reactive ketones (excluding diaryl/α,β-unsaturated/α-hetero) is 1. The minimum atomic E-state index is -0.809.